The van der Waals surface area contributed by atoms with Crippen molar-refractivity contribution in [1.29, 1.82) is 0 Å². The van der Waals surface area contributed by atoms with Gasteiger partial charge >= 0.3 is 10.1 Å². The Morgan fingerprint density at radius 3 is 2.69 bits per heavy atom. The van der Waals surface area contributed by atoms with Gasteiger partial charge in [0.2, 0.25) is 5.88 Å². The number of aromatic amines is 1. The molecule has 0 amide bonds. The number of aromatic nitrogens is 2. The lowest BCUT2D eigenvalue weighted by Crippen LogP contribution is -2.14. The third-order valence-electron chi connectivity index (χ3n) is 1.22. The van der Waals surface area contributed by atoms with Crippen LogP contribution in [0.5, 0.6) is 5.88 Å². The van der Waals surface area contributed by atoms with Crippen LogP contribution in [0, 0.1) is 0 Å². The maximum absolute atomic E-state index is 10.9. The fourth-order valence-corrected chi connectivity index (χ4v) is 1.04. The summed E-state index contributed by atoms with van der Waals surface area (Å²) in [6.45, 7) is 1.45. The van der Waals surface area contributed by atoms with Gasteiger partial charge in [-0.15, -0.1) is 5.10 Å². The highest BCUT2D eigenvalue weighted by Crippen LogP contribution is 2.04. The molecule has 72 valence electrons. The first-order chi connectivity index (χ1) is 6.03. The molecule has 0 aromatic carbocycles. The van der Waals surface area contributed by atoms with E-state index in [9.17, 15) is 13.2 Å². The predicted octanol–water partition coefficient (Wildman–Crippen LogP) is -0.502. The molecule has 1 N–H and O–H groups in total. The number of rotatable bonds is 3. The van der Waals surface area contributed by atoms with Crippen molar-refractivity contribution >= 4 is 10.1 Å². The van der Waals surface area contributed by atoms with Gasteiger partial charge in [-0.05, 0) is 6.92 Å². The van der Waals surface area contributed by atoms with Crippen molar-refractivity contribution in [3.63, 3.8) is 0 Å². The van der Waals surface area contributed by atoms with Gasteiger partial charge in [-0.2, -0.15) is 8.42 Å². The average molecular weight is 204 g/mol. The molecule has 1 aromatic heterocycles. The Labute approximate surface area is 74.7 Å². The fourth-order valence-electron chi connectivity index (χ4n) is 0.567. The Morgan fingerprint density at radius 1 is 1.54 bits per heavy atom. The van der Waals surface area contributed by atoms with E-state index < -0.39 is 15.7 Å². The lowest BCUT2D eigenvalue weighted by Gasteiger charge is -2.01. The normalized spacial score (nSPS) is 11.2. The molecule has 1 aromatic rings. The zero-order valence-corrected chi connectivity index (χ0v) is 7.67. The molecule has 0 aliphatic heterocycles. The first kappa shape index (κ1) is 9.72. The van der Waals surface area contributed by atoms with Crippen LogP contribution in [-0.2, 0) is 10.1 Å². The van der Waals surface area contributed by atoms with E-state index in [1.807, 2.05) is 0 Å². The number of nitrogens with one attached hydrogen (secondary N) is 1. The van der Waals surface area contributed by atoms with E-state index in [-0.39, 0.29) is 11.6 Å². The summed E-state index contributed by atoms with van der Waals surface area (Å²) in [7, 11) is -3.57. The summed E-state index contributed by atoms with van der Waals surface area (Å²) in [5.74, 6) is -0.283. The lowest BCUT2D eigenvalue weighted by atomic mass is 10.6. The van der Waals surface area contributed by atoms with Gasteiger partial charge in [-0.3, -0.25) is 4.79 Å². The van der Waals surface area contributed by atoms with Gasteiger partial charge in [0.25, 0.3) is 5.56 Å². The Morgan fingerprint density at radius 2 is 2.23 bits per heavy atom. The Bertz CT molecular complexity index is 416. The predicted molar refractivity (Wildman–Crippen MR) is 44.9 cm³/mol. The lowest BCUT2D eigenvalue weighted by molar-refractivity contribution is 0.472. The average Bonchev–Trinajstić information content (AvgIpc) is 2.09. The first-order valence-corrected chi connectivity index (χ1v) is 5.09. The molecule has 0 bridgehead atoms. The molecule has 0 saturated heterocycles. The maximum Gasteiger partial charge on any atom is 0.310 e. The summed E-state index contributed by atoms with van der Waals surface area (Å²) < 4.78 is 26.3. The molecule has 0 spiro atoms. The number of hydrogen-bond acceptors (Lipinski definition) is 5. The zero-order chi connectivity index (χ0) is 9.90. The molecule has 0 aliphatic carbocycles. The summed E-state index contributed by atoms with van der Waals surface area (Å²) in [6.07, 6.45) is 0. The first-order valence-electron chi connectivity index (χ1n) is 3.51. The van der Waals surface area contributed by atoms with E-state index in [1.165, 1.54) is 13.0 Å². The second kappa shape index (κ2) is 3.56. The van der Waals surface area contributed by atoms with Gasteiger partial charge in [0.05, 0.1) is 5.75 Å². The SMILES string of the molecule is CCS(=O)(=O)Oc1ccc(=O)[nH]n1. The highest BCUT2D eigenvalue weighted by atomic mass is 32.2. The van der Waals surface area contributed by atoms with Gasteiger partial charge in [0.1, 0.15) is 0 Å². The third kappa shape index (κ3) is 2.86. The van der Waals surface area contributed by atoms with E-state index in [0.29, 0.717) is 0 Å². The maximum atomic E-state index is 10.9. The minimum atomic E-state index is -3.57. The van der Waals surface area contributed by atoms with Crippen molar-refractivity contribution in [3.05, 3.63) is 22.5 Å². The van der Waals surface area contributed by atoms with E-state index in [4.69, 9.17) is 0 Å². The Balaban J connectivity index is 2.88. The largest absolute Gasteiger partial charge is 0.360 e. The fraction of sp³-hybridized carbons (Fsp3) is 0.333. The van der Waals surface area contributed by atoms with Crippen molar-refractivity contribution in [3.8, 4) is 5.88 Å². The minimum Gasteiger partial charge on any atom is -0.360 e. The molecular weight excluding hydrogens is 196 g/mol. The molecule has 13 heavy (non-hydrogen) atoms. The molecule has 1 rings (SSSR count). The minimum absolute atomic E-state index is 0.138. The molecule has 7 heteroatoms. The summed E-state index contributed by atoms with van der Waals surface area (Å²) >= 11 is 0. The van der Waals surface area contributed by atoms with Gasteiger partial charge in [-0.25, -0.2) is 5.10 Å². The third-order valence-corrected chi connectivity index (χ3v) is 2.35. The smallest absolute Gasteiger partial charge is 0.310 e. The van der Waals surface area contributed by atoms with Crippen LogP contribution in [0.1, 0.15) is 6.92 Å². The number of nitrogens with zero attached hydrogens (tertiary/aromatic N) is 1. The van der Waals surface area contributed by atoms with Crippen molar-refractivity contribution in [1.82, 2.24) is 10.2 Å². The van der Waals surface area contributed by atoms with Gasteiger partial charge < -0.3 is 4.18 Å². The van der Waals surface area contributed by atoms with Crippen LogP contribution in [0.25, 0.3) is 0 Å². The van der Waals surface area contributed by atoms with Crippen LogP contribution < -0.4 is 9.74 Å². The highest BCUT2D eigenvalue weighted by molar-refractivity contribution is 7.87. The van der Waals surface area contributed by atoms with E-state index in [1.54, 1.807) is 0 Å². The molecule has 0 aliphatic rings. The van der Waals surface area contributed by atoms with Crippen LogP contribution >= 0.6 is 0 Å². The molecule has 0 radical (unpaired) electrons. The van der Waals surface area contributed by atoms with Gasteiger partial charge in [-0.1, -0.05) is 0 Å². The van der Waals surface area contributed by atoms with Crippen LogP contribution in [-0.4, -0.2) is 24.4 Å². The van der Waals surface area contributed by atoms with E-state index >= 15 is 0 Å². The number of H-pyrrole nitrogens is 1. The van der Waals surface area contributed by atoms with Crippen LogP contribution in [0.3, 0.4) is 0 Å². The molecular formula is C6H8N2O4S. The molecule has 1 heterocycles. The van der Waals surface area contributed by atoms with Gasteiger partial charge in [0.15, 0.2) is 0 Å². The summed E-state index contributed by atoms with van der Waals surface area (Å²) in [6, 6.07) is 2.32. The summed E-state index contributed by atoms with van der Waals surface area (Å²) in [5.41, 5.74) is -0.416. The molecule has 0 fully saturated rings. The molecule has 0 atom stereocenters. The Hall–Kier alpha value is -1.37. The zero-order valence-electron chi connectivity index (χ0n) is 6.85. The van der Waals surface area contributed by atoms with E-state index in [0.717, 1.165) is 6.07 Å². The second-order valence-corrected chi connectivity index (χ2v) is 4.05. The topological polar surface area (TPSA) is 89.1 Å². The van der Waals surface area contributed by atoms with Crippen molar-refractivity contribution in [2.24, 2.45) is 0 Å². The monoisotopic (exact) mass is 204 g/mol. The van der Waals surface area contributed by atoms with E-state index in [2.05, 4.69) is 14.4 Å². The van der Waals surface area contributed by atoms with Crippen LogP contribution in [0.4, 0.5) is 0 Å². The standard InChI is InChI=1S/C6H8N2O4S/c1-2-13(10,11)12-6-4-3-5(9)7-8-6/h3-4H,2H2,1H3,(H,7,9). The molecule has 0 saturated carbocycles. The van der Waals surface area contributed by atoms with Crippen LogP contribution in [0.15, 0.2) is 16.9 Å². The molecule has 0 unspecified atom stereocenters. The van der Waals surface area contributed by atoms with Crippen molar-refractivity contribution in [2.45, 2.75) is 6.92 Å². The Kier molecular flexibility index (Phi) is 2.66. The summed E-state index contributed by atoms with van der Waals surface area (Å²) in [5, 5.41) is 5.42. The quantitative estimate of drug-likeness (QED) is 0.670. The highest BCUT2D eigenvalue weighted by Gasteiger charge is 2.09. The molecule has 6 nitrogen and oxygen atoms in total. The van der Waals surface area contributed by atoms with Gasteiger partial charge in [0, 0.05) is 12.1 Å². The number of hydrogen-bond donors (Lipinski definition) is 1. The summed E-state index contributed by atoms with van der Waals surface area (Å²) in [4.78, 5) is 10.5. The van der Waals surface area contributed by atoms with Crippen LogP contribution in [0.2, 0.25) is 0 Å². The van der Waals surface area contributed by atoms with Crippen molar-refractivity contribution in [2.75, 3.05) is 5.75 Å². The van der Waals surface area contributed by atoms with Crippen molar-refractivity contribution < 1.29 is 12.6 Å². The second-order valence-electron chi connectivity index (χ2n) is 2.19.